The summed E-state index contributed by atoms with van der Waals surface area (Å²) in [5, 5.41) is 0. The molecular weight excluding hydrogens is 424 g/mol. The highest BCUT2D eigenvalue weighted by Gasteiger charge is 2.26. The fourth-order valence-electron chi connectivity index (χ4n) is 5.71. The summed E-state index contributed by atoms with van der Waals surface area (Å²) >= 11 is 0. The molecule has 1 atom stereocenters. The van der Waals surface area contributed by atoms with E-state index in [-0.39, 0.29) is 0 Å². The first-order valence-corrected chi connectivity index (χ1v) is 16.4. The molecule has 208 valence electrons. The van der Waals surface area contributed by atoms with Crippen molar-refractivity contribution >= 4 is 0 Å². The molecule has 35 heavy (non-hydrogen) atoms. The quantitative estimate of drug-likeness (QED) is 0.111. The van der Waals surface area contributed by atoms with Crippen molar-refractivity contribution in [2.75, 3.05) is 6.54 Å². The fourth-order valence-corrected chi connectivity index (χ4v) is 5.71. The molecule has 2 heteroatoms. The average Bonchev–Trinajstić information content (AvgIpc) is 3.26. The first-order valence-electron chi connectivity index (χ1n) is 16.4. The molecule has 0 saturated heterocycles. The van der Waals surface area contributed by atoms with Gasteiger partial charge in [-0.25, -0.2) is 0 Å². The van der Waals surface area contributed by atoms with Gasteiger partial charge < -0.3 is 9.80 Å². The maximum atomic E-state index is 2.66. The molecule has 0 N–H and O–H groups in total. The van der Waals surface area contributed by atoms with E-state index < -0.39 is 0 Å². The molecule has 0 radical (unpaired) electrons. The number of rotatable bonds is 26. The normalized spacial score (nSPS) is 15.7. The lowest BCUT2D eigenvalue weighted by Gasteiger charge is -2.35. The van der Waals surface area contributed by atoms with E-state index >= 15 is 0 Å². The van der Waals surface area contributed by atoms with Gasteiger partial charge in [-0.2, -0.15) is 0 Å². The van der Waals surface area contributed by atoms with Crippen molar-refractivity contribution in [2.45, 2.75) is 194 Å². The smallest absolute Gasteiger partial charge is 0.101 e. The molecule has 1 unspecified atom stereocenters. The number of hydrogen-bond donors (Lipinski definition) is 0. The molecule has 0 aromatic rings. The van der Waals surface area contributed by atoms with Crippen LogP contribution < -0.4 is 0 Å². The Morgan fingerprint density at radius 1 is 0.486 bits per heavy atom. The van der Waals surface area contributed by atoms with Gasteiger partial charge in [0.25, 0.3) is 0 Å². The van der Waals surface area contributed by atoms with Gasteiger partial charge in [-0.3, -0.25) is 0 Å². The molecule has 0 saturated carbocycles. The van der Waals surface area contributed by atoms with Crippen molar-refractivity contribution in [3.63, 3.8) is 0 Å². The number of hydrogen-bond acceptors (Lipinski definition) is 2. The molecule has 0 bridgehead atoms. The highest BCUT2D eigenvalue weighted by atomic mass is 15.4. The molecule has 0 amide bonds. The van der Waals surface area contributed by atoms with Crippen LogP contribution in [-0.4, -0.2) is 28.6 Å². The average molecular weight is 491 g/mol. The molecule has 0 spiro atoms. The minimum atomic E-state index is 0.607. The van der Waals surface area contributed by atoms with Gasteiger partial charge >= 0.3 is 0 Å². The van der Waals surface area contributed by atoms with Crippen LogP contribution in [0.4, 0.5) is 0 Å². The summed E-state index contributed by atoms with van der Waals surface area (Å²) in [7, 11) is 0. The Hall–Kier alpha value is -0.660. The van der Waals surface area contributed by atoms with Gasteiger partial charge in [0.2, 0.25) is 0 Å². The third kappa shape index (κ3) is 17.4. The van der Waals surface area contributed by atoms with Crippen molar-refractivity contribution in [1.82, 2.24) is 9.80 Å². The fraction of sp³-hybridized carbons (Fsp3) is 0.939. The molecule has 0 fully saturated rings. The molecule has 1 heterocycles. The maximum absolute atomic E-state index is 2.66. The summed E-state index contributed by atoms with van der Waals surface area (Å²) in [5.41, 5.74) is 0. The summed E-state index contributed by atoms with van der Waals surface area (Å²) in [4.78, 5) is 5.27. The minimum Gasteiger partial charge on any atom is -0.356 e. The minimum absolute atomic E-state index is 0.607. The molecule has 0 aromatic heterocycles. The molecule has 0 aliphatic carbocycles. The van der Waals surface area contributed by atoms with Crippen LogP contribution in [0.2, 0.25) is 0 Å². The van der Waals surface area contributed by atoms with E-state index in [0.717, 1.165) is 0 Å². The van der Waals surface area contributed by atoms with Gasteiger partial charge in [0, 0.05) is 25.0 Å². The molecule has 2 nitrogen and oxygen atoms in total. The van der Waals surface area contributed by atoms with Crippen LogP contribution in [0, 0.1) is 0 Å². The van der Waals surface area contributed by atoms with Crippen LogP contribution >= 0.6 is 0 Å². The van der Waals surface area contributed by atoms with E-state index in [9.17, 15) is 0 Å². The van der Waals surface area contributed by atoms with E-state index in [1.54, 1.807) is 0 Å². The zero-order chi connectivity index (χ0) is 25.4. The first kappa shape index (κ1) is 32.4. The van der Waals surface area contributed by atoms with Crippen molar-refractivity contribution in [2.24, 2.45) is 0 Å². The Bertz CT molecular complexity index is 458. The standard InChI is InChI=1S/C33H66N2/c1-5-7-9-11-13-15-17-18-20-22-24-26-28-33-34(30-31-35(33)32(3)4)29-27-25-23-21-19-16-14-12-10-8-6-2/h30-33H,5-29H2,1-4H3. The van der Waals surface area contributed by atoms with Crippen LogP contribution in [-0.2, 0) is 0 Å². The lowest BCUT2D eigenvalue weighted by atomic mass is 10.0. The third-order valence-corrected chi connectivity index (χ3v) is 8.09. The zero-order valence-electron chi connectivity index (χ0n) is 24.9. The molecule has 0 aromatic carbocycles. The predicted molar refractivity (Wildman–Crippen MR) is 159 cm³/mol. The Labute approximate surface area is 222 Å². The van der Waals surface area contributed by atoms with Crippen LogP contribution in [0.5, 0.6) is 0 Å². The van der Waals surface area contributed by atoms with Crippen LogP contribution in [0.15, 0.2) is 12.4 Å². The predicted octanol–water partition coefficient (Wildman–Crippen LogP) is 11.2. The summed E-state index contributed by atoms with van der Waals surface area (Å²) in [5.74, 6) is 0. The van der Waals surface area contributed by atoms with Gasteiger partial charge in [-0.1, -0.05) is 149 Å². The molecule has 1 rings (SSSR count). The Morgan fingerprint density at radius 2 is 0.857 bits per heavy atom. The van der Waals surface area contributed by atoms with E-state index in [2.05, 4.69) is 49.9 Å². The van der Waals surface area contributed by atoms with Gasteiger partial charge in [0.15, 0.2) is 0 Å². The maximum Gasteiger partial charge on any atom is 0.101 e. The van der Waals surface area contributed by atoms with Gasteiger partial charge in [0.1, 0.15) is 6.17 Å². The van der Waals surface area contributed by atoms with E-state index in [1.165, 1.54) is 161 Å². The van der Waals surface area contributed by atoms with Gasteiger partial charge in [-0.15, -0.1) is 0 Å². The second-order valence-corrected chi connectivity index (χ2v) is 11.8. The monoisotopic (exact) mass is 491 g/mol. The highest BCUT2D eigenvalue weighted by molar-refractivity contribution is 4.98. The third-order valence-electron chi connectivity index (χ3n) is 8.09. The van der Waals surface area contributed by atoms with Crippen LogP contribution in [0.25, 0.3) is 0 Å². The summed E-state index contributed by atoms with van der Waals surface area (Å²) < 4.78 is 0. The second kappa shape index (κ2) is 23.7. The van der Waals surface area contributed by atoms with Crippen molar-refractivity contribution < 1.29 is 0 Å². The Balaban J connectivity index is 2.06. The van der Waals surface area contributed by atoms with Gasteiger partial charge in [-0.05, 0) is 33.1 Å². The molecular formula is C33H66N2. The largest absolute Gasteiger partial charge is 0.356 e. The molecule has 1 aliphatic heterocycles. The van der Waals surface area contributed by atoms with Crippen LogP contribution in [0.3, 0.4) is 0 Å². The van der Waals surface area contributed by atoms with Gasteiger partial charge in [0.05, 0.1) is 0 Å². The summed E-state index contributed by atoms with van der Waals surface area (Å²) in [6.45, 7) is 10.6. The zero-order valence-corrected chi connectivity index (χ0v) is 24.9. The SMILES string of the molecule is CCCCCCCCCCCCCCC1N(CCCCCCCCCCCCC)C=CN1C(C)C. The second-order valence-electron chi connectivity index (χ2n) is 11.8. The van der Waals surface area contributed by atoms with E-state index in [1.807, 2.05) is 0 Å². The van der Waals surface area contributed by atoms with E-state index in [4.69, 9.17) is 0 Å². The van der Waals surface area contributed by atoms with E-state index in [0.29, 0.717) is 12.2 Å². The number of nitrogens with zero attached hydrogens (tertiary/aromatic N) is 2. The summed E-state index contributed by atoms with van der Waals surface area (Å²) in [6.07, 6.45) is 39.7. The Morgan fingerprint density at radius 3 is 1.26 bits per heavy atom. The first-order chi connectivity index (χ1) is 17.2. The molecule has 1 aliphatic rings. The van der Waals surface area contributed by atoms with Crippen molar-refractivity contribution in [3.05, 3.63) is 12.4 Å². The van der Waals surface area contributed by atoms with Crippen molar-refractivity contribution in [1.29, 1.82) is 0 Å². The lowest BCUT2D eigenvalue weighted by Crippen LogP contribution is -2.42. The topological polar surface area (TPSA) is 6.48 Å². The lowest BCUT2D eigenvalue weighted by molar-refractivity contribution is 0.114. The Kier molecular flexibility index (Phi) is 21.9. The number of unbranched alkanes of at least 4 members (excludes halogenated alkanes) is 21. The highest BCUT2D eigenvalue weighted by Crippen LogP contribution is 2.25. The summed E-state index contributed by atoms with van der Waals surface area (Å²) in [6, 6.07) is 0.607. The van der Waals surface area contributed by atoms with Crippen LogP contribution in [0.1, 0.15) is 182 Å². The van der Waals surface area contributed by atoms with Crippen molar-refractivity contribution in [3.8, 4) is 0 Å².